The van der Waals surface area contributed by atoms with E-state index in [0.29, 0.717) is 6.61 Å². The summed E-state index contributed by atoms with van der Waals surface area (Å²) in [6, 6.07) is 0. The number of hydrogen-bond acceptors (Lipinski definition) is 3. The molecule has 0 aromatic rings. The van der Waals surface area contributed by atoms with Crippen molar-refractivity contribution in [1.29, 1.82) is 0 Å². The minimum absolute atomic E-state index is 0.407. The quantitative estimate of drug-likeness (QED) is 0.518. The summed E-state index contributed by atoms with van der Waals surface area (Å²) in [6.45, 7) is 5.85. The lowest BCUT2D eigenvalue weighted by atomic mass is 10.4. The van der Waals surface area contributed by atoms with Gasteiger partial charge < -0.3 is 15.4 Å². The molecule has 0 fully saturated rings. The molecule has 92 valence electrons. The first-order chi connectivity index (χ1) is 7.27. The van der Waals surface area contributed by atoms with Crippen molar-refractivity contribution in [2.24, 2.45) is 0 Å². The van der Waals surface area contributed by atoms with Crippen molar-refractivity contribution in [2.75, 3.05) is 39.4 Å². The zero-order valence-corrected chi connectivity index (χ0v) is 9.40. The molecule has 0 unspecified atom stereocenters. The van der Waals surface area contributed by atoms with Gasteiger partial charge in [0.2, 0.25) is 0 Å². The number of ether oxygens (including phenoxy) is 1. The molecule has 0 aliphatic rings. The Morgan fingerprint density at radius 1 is 1.07 bits per heavy atom. The number of rotatable bonds is 11. The molecule has 5 heteroatoms. The second-order valence-electron chi connectivity index (χ2n) is 3.28. The molecular weight excluding hydrogens is 202 g/mol. The molecule has 0 rings (SSSR count). The van der Waals surface area contributed by atoms with Crippen LogP contribution in [-0.2, 0) is 4.74 Å². The van der Waals surface area contributed by atoms with E-state index in [1.807, 2.05) is 0 Å². The highest BCUT2D eigenvalue weighted by molar-refractivity contribution is 4.50. The largest absolute Gasteiger partial charge is 0.375 e. The molecule has 2 N–H and O–H groups in total. The summed E-state index contributed by atoms with van der Waals surface area (Å²) in [7, 11) is 0. The van der Waals surface area contributed by atoms with E-state index in [4.69, 9.17) is 4.74 Å². The molecule has 0 aromatic heterocycles. The van der Waals surface area contributed by atoms with E-state index in [0.717, 1.165) is 39.0 Å². The third-order valence-corrected chi connectivity index (χ3v) is 1.84. The second kappa shape index (κ2) is 11.8. The lowest BCUT2D eigenvalue weighted by Gasteiger charge is -2.05. The summed E-state index contributed by atoms with van der Waals surface area (Å²) in [6.07, 6.45) is -0.474. The van der Waals surface area contributed by atoms with Crippen LogP contribution in [0.1, 0.15) is 19.8 Å². The van der Waals surface area contributed by atoms with E-state index >= 15 is 0 Å². The molecular formula is C10H22F2N2O. The number of hydrogen-bond donors (Lipinski definition) is 2. The molecule has 0 spiro atoms. The maximum absolute atomic E-state index is 11.6. The van der Waals surface area contributed by atoms with Crippen LogP contribution in [0, 0.1) is 0 Å². The average molecular weight is 224 g/mol. The van der Waals surface area contributed by atoms with Gasteiger partial charge in [0.05, 0.1) is 0 Å². The SMILES string of the molecule is CCNCCCNCCCOCC(F)F. The predicted molar refractivity (Wildman–Crippen MR) is 57.5 cm³/mol. The molecule has 15 heavy (non-hydrogen) atoms. The highest BCUT2D eigenvalue weighted by Crippen LogP contribution is 1.92. The van der Waals surface area contributed by atoms with Gasteiger partial charge in [0, 0.05) is 6.61 Å². The van der Waals surface area contributed by atoms with Gasteiger partial charge in [-0.2, -0.15) is 0 Å². The lowest BCUT2D eigenvalue weighted by molar-refractivity contribution is 0.0168. The molecule has 3 nitrogen and oxygen atoms in total. The standard InChI is InChI=1S/C10H22F2N2O/c1-2-13-5-3-6-14-7-4-8-15-9-10(11)12/h10,13-14H,2-9H2,1H3. The summed E-state index contributed by atoms with van der Waals surface area (Å²) < 4.78 is 28.0. The molecule has 0 bridgehead atoms. The minimum Gasteiger partial charge on any atom is -0.375 e. The fourth-order valence-electron chi connectivity index (χ4n) is 1.11. The molecule has 0 aliphatic carbocycles. The zero-order valence-electron chi connectivity index (χ0n) is 9.40. The first kappa shape index (κ1) is 14.7. The van der Waals surface area contributed by atoms with Crippen molar-refractivity contribution in [2.45, 2.75) is 26.2 Å². The van der Waals surface area contributed by atoms with Gasteiger partial charge in [0.1, 0.15) is 6.61 Å². The van der Waals surface area contributed by atoms with Crippen LogP contribution >= 0.6 is 0 Å². The second-order valence-corrected chi connectivity index (χ2v) is 3.28. The van der Waals surface area contributed by atoms with Gasteiger partial charge >= 0.3 is 0 Å². The van der Waals surface area contributed by atoms with E-state index in [1.54, 1.807) is 0 Å². The molecule has 0 saturated heterocycles. The number of halogens is 2. The van der Waals surface area contributed by atoms with Crippen LogP contribution in [0.3, 0.4) is 0 Å². The Morgan fingerprint density at radius 2 is 1.73 bits per heavy atom. The fourth-order valence-corrected chi connectivity index (χ4v) is 1.11. The van der Waals surface area contributed by atoms with E-state index in [-0.39, 0.29) is 0 Å². The summed E-state index contributed by atoms with van der Waals surface area (Å²) in [5.74, 6) is 0. The normalized spacial score (nSPS) is 11.2. The smallest absolute Gasteiger partial charge is 0.261 e. The fraction of sp³-hybridized carbons (Fsp3) is 1.00. The van der Waals surface area contributed by atoms with Crippen molar-refractivity contribution in [1.82, 2.24) is 10.6 Å². The van der Waals surface area contributed by atoms with Gasteiger partial charge in [-0.25, -0.2) is 8.78 Å². The topological polar surface area (TPSA) is 33.3 Å². The van der Waals surface area contributed by atoms with Gasteiger partial charge in [-0.1, -0.05) is 6.92 Å². The zero-order chi connectivity index (χ0) is 11.4. The van der Waals surface area contributed by atoms with Gasteiger partial charge in [0.25, 0.3) is 6.43 Å². The first-order valence-corrected chi connectivity index (χ1v) is 5.54. The van der Waals surface area contributed by atoms with Crippen LogP contribution in [0.2, 0.25) is 0 Å². The minimum atomic E-state index is -2.35. The Balaban J connectivity index is 2.87. The van der Waals surface area contributed by atoms with E-state index in [1.165, 1.54) is 0 Å². The summed E-state index contributed by atoms with van der Waals surface area (Å²) in [5.41, 5.74) is 0. The van der Waals surface area contributed by atoms with Crippen LogP contribution in [0.4, 0.5) is 8.78 Å². The Labute approximate surface area is 90.6 Å². The summed E-state index contributed by atoms with van der Waals surface area (Å²) >= 11 is 0. The Bertz CT molecular complexity index is 126. The third kappa shape index (κ3) is 13.7. The predicted octanol–water partition coefficient (Wildman–Crippen LogP) is 1.25. The first-order valence-electron chi connectivity index (χ1n) is 5.54. The average Bonchev–Trinajstić information content (AvgIpc) is 2.20. The molecule has 0 aliphatic heterocycles. The third-order valence-electron chi connectivity index (χ3n) is 1.84. The lowest BCUT2D eigenvalue weighted by Crippen LogP contribution is -2.23. The van der Waals surface area contributed by atoms with Crippen LogP contribution in [0.15, 0.2) is 0 Å². The van der Waals surface area contributed by atoms with Gasteiger partial charge in [-0.3, -0.25) is 0 Å². The van der Waals surface area contributed by atoms with Gasteiger partial charge in [-0.05, 0) is 39.0 Å². The highest BCUT2D eigenvalue weighted by atomic mass is 19.3. The van der Waals surface area contributed by atoms with Crippen LogP contribution in [-0.4, -0.2) is 45.8 Å². The van der Waals surface area contributed by atoms with Crippen molar-refractivity contribution in [3.05, 3.63) is 0 Å². The number of nitrogens with one attached hydrogen (secondary N) is 2. The Kier molecular flexibility index (Phi) is 11.6. The van der Waals surface area contributed by atoms with Gasteiger partial charge in [-0.15, -0.1) is 0 Å². The number of alkyl halides is 2. The van der Waals surface area contributed by atoms with E-state index < -0.39 is 13.0 Å². The van der Waals surface area contributed by atoms with Gasteiger partial charge in [0.15, 0.2) is 0 Å². The van der Waals surface area contributed by atoms with E-state index in [9.17, 15) is 8.78 Å². The molecule has 0 atom stereocenters. The molecule has 0 heterocycles. The summed E-state index contributed by atoms with van der Waals surface area (Å²) in [5, 5.41) is 6.45. The highest BCUT2D eigenvalue weighted by Gasteiger charge is 2.00. The molecule has 0 aromatic carbocycles. The van der Waals surface area contributed by atoms with E-state index in [2.05, 4.69) is 17.6 Å². The van der Waals surface area contributed by atoms with Crippen molar-refractivity contribution in [3.8, 4) is 0 Å². The molecule has 0 radical (unpaired) electrons. The maximum Gasteiger partial charge on any atom is 0.261 e. The van der Waals surface area contributed by atoms with Crippen LogP contribution in [0.25, 0.3) is 0 Å². The van der Waals surface area contributed by atoms with Crippen LogP contribution in [0.5, 0.6) is 0 Å². The molecule has 0 amide bonds. The monoisotopic (exact) mass is 224 g/mol. The Morgan fingerprint density at radius 3 is 2.40 bits per heavy atom. The molecule has 0 saturated carbocycles. The van der Waals surface area contributed by atoms with Crippen molar-refractivity contribution in [3.63, 3.8) is 0 Å². The van der Waals surface area contributed by atoms with Crippen molar-refractivity contribution >= 4 is 0 Å². The summed E-state index contributed by atoms with van der Waals surface area (Å²) in [4.78, 5) is 0. The van der Waals surface area contributed by atoms with Crippen LogP contribution < -0.4 is 10.6 Å². The van der Waals surface area contributed by atoms with Crippen molar-refractivity contribution < 1.29 is 13.5 Å². The Hall–Kier alpha value is -0.260. The maximum atomic E-state index is 11.6.